The van der Waals surface area contributed by atoms with Gasteiger partial charge >= 0.3 is 0 Å². The molecule has 3 nitrogen and oxygen atoms in total. The van der Waals surface area contributed by atoms with Crippen molar-refractivity contribution in [2.24, 2.45) is 5.92 Å². The quantitative estimate of drug-likeness (QED) is 0.870. The number of hydrogen-bond acceptors (Lipinski definition) is 3. The molecule has 1 aromatic rings. The molecule has 3 rings (SSSR count). The van der Waals surface area contributed by atoms with E-state index in [1.165, 1.54) is 5.56 Å². The number of hydrogen-bond donors (Lipinski definition) is 1. The number of aliphatic hydroxyl groups excluding tert-OH is 1. The highest BCUT2D eigenvalue weighted by Crippen LogP contribution is 2.33. The second kappa shape index (κ2) is 4.67. The van der Waals surface area contributed by atoms with Crippen LogP contribution in [0, 0.1) is 5.92 Å². The summed E-state index contributed by atoms with van der Waals surface area (Å²) in [7, 11) is 0. The molecule has 2 unspecified atom stereocenters. The average molecular weight is 234 g/mol. The molecule has 2 atom stereocenters. The third kappa shape index (κ3) is 2.31. The van der Waals surface area contributed by atoms with Gasteiger partial charge in [-0.05, 0) is 42.5 Å². The molecular weight excluding hydrogens is 216 g/mol. The minimum atomic E-state index is -0.276. The third-order valence-electron chi connectivity index (χ3n) is 3.67. The standard InChI is InChI=1S/C14H18O3/c15-14-4-1-11-7-12(2-3-13(11)14)17-9-10-5-6-16-8-10/h2-3,7,10,14-15H,1,4-6,8-9H2. The molecule has 0 spiro atoms. The van der Waals surface area contributed by atoms with Crippen molar-refractivity contribution in [2.75, 3.05) is 19.8 Å². The zero-order valence-electron chi connectivity index (χ0n) is 9.89. The predicted octanol–water partition coefficient (Wildman–Crippen LogP) is 2.08. The molecule has 1 N–H and O–H groups in total. The Morgan fingerprint density at radius 3 is 3.12 bits per heavy atom. The second-order valence-electron chi connectivity index (χ2n) is 4.96. The molecule has 1 aliphatic heterocycles. The average Bonchev–Trinajstić information content (AvgIpc) is 2.97. The highest BCUT2D eigenvalue weighted by molar-refractivity contribution is 5.39. The predicted molar refractivity (Wildman–Crippen MR) is 64.1 cm³/mol. The highest BCUT2D eigenvalue weighted by Gasteiger charge is 2.21. The van der Waals surface area contributed by atoms with Gasteiger partial charge in [-0.2, -0.15) is 0 Å². The summed E-state index contributed by atoms with van der Waals surface area (Å²) in [6, 6.07) is 6.03. The highest BCUT2D eigenvalue weighted by atomic mass is 16.5. The van der Waals surface area contributed by atoms with Gasteiger partial charge in [-0.25, -0.2) is 0 Å². The molecule has 0 amide bonds. The Kier molecular flexibility index (Phi) is 3.04. The number of aryl methyl sites for hydroxylation is 1. The van der Waals surface area contributed by atoms with Crippen molar-refractivity contribution in [1.29, 1.82) is 0 Å². The van der Waals surface area contributed by atoms with E-state index in [9.17, 15) is 5.11 Å². The molecular formula is C14H18O3. The van der Waals surface area contributed by atoms with Crippen LogP contribution in [0.15, 0.2) is 18.2 Å². The lowest BCUT2D eigenvalue weighted by Gasteiger charge is -2.11. The van der Waals surface area contributed by atoms with Crippen LogP contribution >= 0.6 is 0 Å². The van der Waals surface area contributed by atoms with Crippen LogP contribution in [0.2, 0.25) is 0 Å². The summed E-state index contributed by atoms with van der Waals surface area (Å²) in [4.78, 5) is 0. The van der Waals surface area contributed by atoms with Gasteiger partial charge < -0.3 is 14.6 Å². The van der Waals surface area contributed by atoms with Gasteiger partial charge in [0.15, 0.2) is 0 Å². The molecule has 0 aromatic heterocycles. The molecule has 92 valence electrons. The van der Waals surface area contributed by atoms with Crippen molar-refractivity contribution in [3.63, 3.8) is 0 Å². The Morgan fingerprint density at radius 1 is 1.35 bits per heavy atom. The van der Waals surface area contributed by atoms with E-state index in [2.05, 4.69) is 6.07 Å². The molecule has 1 saturated heterocycles. The van der Waals surface area contributed by atoms with Crippen molar-refractivity contribution in [2.45, 2.75) is 25.4 Å². The lowest BCUT2D eigenvalue weighted by atomic mass is 10.1. The fourth-order valence-corrected chi connectivity index (χ4v) is 2.59. The zero-order chi connectivity index (χ0) is 11.7. The number of ether oxygens (including phenoxy) is 2. The van der Waals surface area contributed by atoms with Crippen LogP contribution in [0.4, 0.5) is 0 Å². The zero-order valence-corrected chi connectivity index (χ0v) is 9.89. The summed E-state index contributed by atoms with van der Waals surface area (Å²) < 4.78 is 11.1. The van der Waals surface area contributed by atoms with Crippen LogP contribution in [0.3, 0.4) is 0 Å². The van der Waals surface area contributed by atoms with E-state index in [0.717, 1.165) is 50.4 Å². The Bertz CT molecular complexity index is 396. The summed E-state index contributed by atoms with van der Waals surface area (Å²) in [5.74, 6) is 1.46. The van der Waals surface area contributed by atoms with Crippen LogP contribution in [0.5, 0.6) is 5.75 Å². The lowest BCUT2D eigenvalue weighted by Crippen LogP contribution is -2.11. The maximum atomic E-state index is 9.72. The molecule has 0 saturated carbocycles. The molecule has 0 radical (unpaired) electrons. The Hall–Kier alpha value is -1.06. The maximum Gasteiger partial charge on any atom is 0.119 e. The molecule has 17 heavy (non-hydrogen) atoms. The SMILES string of the molecule is OC1CCc2cc(OCC3CCOC3)ccc21. The van der Waals surface area contributed by atoms with Gasteiger partial charge in [0.05, 0.1) is 19.3 Å². The first kappa shape index (κ1) is 11.1. The van der Waals surface area contributed by atoms with Gasteiger partial charge in [0.1, 0.15) is 5.75 Å². The van der Waals surface area contributed by atoms with E-state index < -0.39 is 0 Å². The third-order valence-corrected chi connectivity index (χ3v) is 3.67. The van der Waals surface area contributed by atoms with Crippen molar-refractivity contribution in [1.82, 2.24) is 0 Å². The topological polar surface area (TPSA) is 38.7 Å². The van der Waals surface area contributed by atoms with Gasteiger partial charge in [-0.1, -0.05) is 6.07 Å². The Labute approximate surface area is 101 Å². The number of aliphatic hydroxyl groups is 1. The minimum absolute atomic E-state index is 0.276. The Morgan fingerprint density at radius 2 is 2.29 bits per heavy atom. The number of benzene rings is 1. The summed E-state index contributed by atoms with van der Waals surface area (Å²) in [6.45, 7) is 2.43. The van der Waals surface area contributed by atoms with Crippen molar-refractivity contribution in [3.8, 4) is 5.75 Å². The van der Waals surface area contributed by atoms with Crippen LogP contribution < -0.4 is 4.74 Å². The monoisotopic (exact) mass is 234 g/mol. The normalized spacial score (nSPS) is 27.1. The summed E-state index contributed by atoms with van der Waals surface area (Å²) in [5, 5.41) is 9.72. The number of fused-ring (bicyclic) bond motifs is 1. The first-order chi connectivity index (χ1) is 8.33. The van der Waals surface area contributed by atoms with E-state index >= 15 is 0 Å². The molecule has 0 bridgehead atoms. The summed E-state index contributed by atoms with van der Waals surface area (Å²) >= 11 is 0. The van der Waals surface area contributed by atoms with Crippen LogP contribution in [0.25, 0.3) is 0 Å². The lowest BCUT2D eigenvalue weighted by molar-refractivity contribution is 0.167. The van der Waals surface area contributed by atoms with Gasteiger partial charge in [0.25, 0.3) is 0 Å². The van der Waals surface area contributed by atoms with Gasteiger partial charge in [0.2, 0.25) is 0 Å². The maximum absolute atomic E-state index is 9.72. The molecule has 1 aliphatic carbocycles. The van der Waals surface area contributed by atoms with Crippen LogP contribution in [-0.4, -0.2) is 24.9 Å². The summed E-state index contributed by atoms with van der Waals surface area (Å²) in [6.07, 6.45) is 2.63. The smallest absolute Gasteiger partial charge is 0.119 e. The van der Waals surface area contributed by atoms with E-state index in [0.29, 0.717) is 5.92 Å². The Balaban J connectivity index is 1.64. The summed E-state index contributed by atoms with van der Waals surface area (Å²) in [5.41, 5.74) is 2.30. The molecule has 3 heteroatoms. The van der Waals surface area contributed by atoms with Crippen LogP contribution in [-0.2, 0) is 11.2 Å². The van der Waals surface area contributed by atoms with E-state index in [-0.39, 0.29) is 6.10 Å². The molecule has 1 aromatic carbocycles. The van der Waals surface area contributed by atoms with Crippen LogP contribution in [0.1, 0.15) is 30.1 Å². The van der Waals surface area contributed by atoms with Crippen molar-refractivity contribution < 1.29 is 14.6 Å². The molecule has 2 aliphatic rings. The van der Waals surface area contributed by atoms with Crippen molar-refractivity contribution in [3.05, 3.63) is 29.3 Å². The first-order valence-electron chi connectivity index (χ1n) is 6.34. The second-order valence-corrected chi connectivity index (χ2v) is 4.96. The van der Waals surface area contributed by atoms with E-state index in [4.69, 9.17) is 9.47 Å². The molecule has 1 heterocycles. The van der Waals surface area contributed by atoms with Gasteiger partial charge in [-0.3, -0.25) is 0 Å². The minimum Gasteiger partial charge on any atom is -0.493 e. The van der Waals surface area contributed by atoms with Gasteiger partial charge in [0, 0.05) is 12.5 Å². The largest absolute Gasteiger partial charge is 0.493 e. The van der Waals surface area contributed by atoms with E-state index in [1.54, 1.807) is 0 Å². The first-order valence-corrected chi connectivity index (χ1v) is 6.34. The van der Waals surface area contributed by atoms with Gasteiger partial charge in [-0.15, -0.1) is 0 Å². The fourth-order valence-electron chi connectivity index (χ4n) is 2.59. The number of rotatable bonds is 3. The fraction of sp³-hybridized carbons (Fsp3) is 0.571. The van der Waals surface area contributed by atoms with Crippen molar-refractivity contribution >= 4 is 0 Å². The molecule has 1 fully saturated rings. The van der Waals surface area contributed by atoms with E-state index in [1.807, 2.05) is 12.1 Å².